The molecular formula is C14H14FN5O2S. The monoisotopic (exact) mass is 335 g/mol. The van der Waals surface area contributed by atoms with Crippen LogP contribution in [0.3, 0.4) is 0 Å². The van der Waals surface area contributed by atoms with Crippen LogP contribution in [0.4, 0.5) is 4.39 Å². The standard InChI is InChI=1S/C14H14FN5O2S/c1-2-7-20-13(21)17-18-14(20)23-8-11-16-12(19-22-11)9-3-5-10(15)6-4-9/h3-6H,2,7-8H2,1H3,(H,17,21). The van der Waals surface area contributed by atoms with Gasteiger partial charge in [0.2, 0.25) is 11.7 Å². The molecule has 1 N–H and O–H groups in total. The van der Waals surface area contributed by atoms with E-state index >= 15 is 0 Å². The highest BCUT2D eigenvalue weighted by Crippen LogP contribution is 2.21. The van der Waals surface area contributed by atoms with Crippen molar-refractivity contribution in [2.24, 2.45) is 0 Å². The first-order valence-electron chi connectivity index (χ1n) is 7.04. The molecule has 0 radical (unpaired) electrons. The number of halogens is 1. The van der Waals surface area contributed by atoms with Crippen LogP contribution in [-0.4, -0.2) is 24.9 Å². The summed E-state index contributed by atoms with van der Waals surface area (Å²) in [4.78, 5) is 15.9. The van der Waals surface area contributed by atoms with Crippen molar-refractivity contribution in [3.63, 3.8) is 0 Å². The third-order valence-corrected chi connectivity index (χ3v) is 4.03. The maximum atomic E-state index is 12.9. The maximum absolute atomic E-state index is 12.9. The van der Waals surface area contributed by atoms with Crippen molar-refractivity contribution in [2.75, 3.05) is 0 Å². The zero-order valence-electron chi connectivity index (χ0n) is 12.3. The van der Waals surface area contributed by atoms with Gasteiger partial charge in [-0.2, -0.15) is 4.98 Å². The molecule has 0 aliphatic carbocycles. The number of hydrogen-bond donors (Lipinski definition) is 1. The average molecular weight is 335 g/mol. The molecule has 23 heavy (non-hydrogen) atoms. The lowest BCUT2D eigenvalue weighted by atomic mass is 10.2. The predicted molar refractivity (Wildman–Crippen MR) is 82.4 cm³/mol. The Hall–Kier alpha value is -2.42. The first kappa shape index (κ1) is 15.5. The van der Waals surface area contributed by atoms with Crippen LogP contribution in [0.5, 0.6) is 0 Å². The van der Waals surface area contributed by atoms with Gasteiger partial charge in [-0.3, -0.25) is 4.57 Å². The van der Waals surface area contributed by atoms with Crippen molar-refractivity contribution in [3.05, 3.63) is 46.5 Å². The molecule has 120 valence electrons. The van der Waals surface area contributed by atoms with Crippen molar-refractivity contribution in [3.8, 4) is 11.4 Å². The van der Waals surface area contributed by atoms with E-state index in [1.54, 1.807) is 16.7 Å². The number of hydrogen-bond acceptors (Lipinski definition) is 6. The van der Waals surface area contributed by atoms with Crippen molar-refractivity contribution in [1.29, 1.82) is 0 Å². The van der Waals surface area contributed by atoms with E-state index in [0.717, 1.165) is 6.42 Å². The van der Waals surface area contributed by atoms with Crippen LogP contribution < -0.4 is 5.69 Å². The Labute approximate surface area is 134 Å². The molecule has 0 spiro atoms. The van der Waals surface area contributed by atoms with Crippen LogP contribution in [0.1, 0.15) is 19.2 Å². The van der Waals surface area contributed by atoms with E-state index in [1.165, 1.54) is 23.9 Å². The Balaban J connectivity index is 1.70. The van der Waals surface area contributed by atoms with Gasteiger partial charge in [-0.1, -0.05) is 23.8 Å². The molecule has 3 aromatic rings. The summed E-state index contributed by atoms with van der Waals surface area (Å²) >= 11 is 1.34. The molecule has 0 amide bonds. The lowest BCUT2D eigenvalue weighted by Gasteiger charge is -2.01. The van der Waals surface area contributed by atoms with Gasteiger partial charge in [0, 0.05) is 12.1 Å². The van der Waals surface area contributed by atoms with Gasteiger partial charge >= 0.3 is 5.69 Å². The van der Waals surface area contributed by atoms with Crippen LogP contribution in [0, 0.1) is 5.82 Å². The lowest BCUT2D eigenvalue weighted by Crippen LogP contribution is -2.17. The minimum absolute atomic E-state index is 0.230. The molecule has 0 aliphatic rings. The zero-order chi connectivity index (χ0) is 16.2. The minimum atomic E-state index is -0.319. The van der Waals surface area contributed by atoms with E-state index in [9.17, 15) is 9.18 Å². The fourth-order valence-electron chi connectivity index (χ4n) is 1.99. The Bertz CT molecular complexity index is 839. The average Bonchev–Trinajstić information content (AvgIpc) is 3.15. The maximum Gasteiger partial charge on any atom is 0.343 e. The first-order valence-corrected chi connectivity index (χ1v) is 8.02. The molecule has 0 aliphatic heterocycles. The van der Waals surface area contributed by atoms with Crippen LogP contribution >= 0.6 is 11.8 Å². The largest absolute Gasteiger partial charge is 0.343 e. The van der Waals surface area contributed by atoms with Crippen LogP contribution in [0.2, 0.25) is 0 Å². The van der Waals surface area contributed by atoms with Gasteiger partial charge in [0.1, 0.15) is 5.82 Å². The van der Waals surface area contributed by atoms with Gasteiger partial charge < -0.3 is 4.52 Å². The highest BCUT2D eigenvalue weighted by atomic mass is 32.2. The van der Waals surface area contributed by atoms with Gasteiger partial charge in [-0.15, -0.1) is 5.10 Å². The minimum Gasteiger partial charge on any atom is -0.338 e. The van der Waals surface area contributed by atoms with Gasteiger partial charge in [0.05, 0.1) is 5.75 Å². The molecule has 0 atom stereocenters. The zero-order valence-corrected chi connectivity index (χ0v) is 13.1. The number of rotatable bonds is 6. The molecule has 2 aromatic heterocycles. The van der Waals surface area contributed by atoms with Gasteiger partial charge in [-0.05, 0) is 30.7 Å². The molecule has 1 aromatic carbocycles. The summed E-state index contributed by atoms with van der Waals surface area (Å²) < 4.78 is 19.7. The molecule has 0 saturated heterocycles. The number of H-pyrrole nitrogens is 1. The lowest BCUT2D eigenvalue weighted by molar-refractivity contribution is 0.391. The Morgan fingerprint density at radius 3 is 2.87 bits per heavy atom. The Morgan fingerprint density at radius 1 is 1.35 bits per heavy atom. The number of thioether (sulfide) groups is 1. The van der Waals surface area contributed by atoms with Crippen molar-refractivity contribution in [1.82, 2.24) is 24.9 Å². The summed E-state index contributed by atoms with van der Waals surface area (Å²) in [5.41, 5.74) is 0.445. The van der Waals surface area contributed by atoms with E-state index < -0.39 is 0 Å². The molecule has 2 heterocycles. The molecule has 0 unspecified atom stereocenters. The summed E-state index contributed by atoms with van der Waals surface area (Å²) in [5.74, 6) is 0.879. The third-order valence-electron chi connectivity index (χ3n) is 3.07. The second kappa shape index (κ2) is 6.78. The van der Waals surface area contributed by atoms with E-state index in [-0.39, 0.29) is 11.5 Å². The van der Waals surface area contributed by atoms with Gasteiger partial charge in [0.15, 0.2) is 5.16 Å². The smallest absolute Gasteiger partial charge is 0.338 e. The Kier molecular flexibility index (Phi) is 4.56. The Morgan fingerprint density at radius 2 is 2.13 bits per heavy atom. The van der Waals surface area contributed by atoms with Gasteiger partial charge in [0.25, 0.3) is 0 Å². The third kappa shape index (κ3) is 3.50. The molecule has 9 heteroatoms. The number of benzene rings is 1. The number of aromatic nitrogens is 5. The van der Waals surface area contributed by atoms with E-state index in [4.69, 9.17) is 4.52 Å². The van der Waals surface area contributed by atoms with E-state index in [2.05, 4.69) is 20.3 Å². The molecule has 7 nitrogen and oxygen atoms in total. The molecule has 3 rings (SSSR count). The summed E-state index contributed by atoms with van der Waals surface area (Å²) in [7, 11) is 0. The number of nitrogens with one attached hydrogen (secondary N) is 1. The molecular weight excluding hydrogens is 321 g/mol. The summed E-state index contributed by atoms with van der Waals surface area (Å²) in [6.45, 7) is 2.59. The van der Waals surface area contributed by atoms with E-state index in [1.807, 2.05) is 6.92 Å². The fraction of sp³-hybridized carbons (Fsp3) is 0.286. The molecule has 0 bridgehead atoms. The number of aromatic amines is 1. The van der Waals surface area contributed by atoms with Crippen molar-refractivity contribution >= 4 is 11.8 Å². The van der Waals surface area contributed by atoms with Crippen LogP contribution in [0.25, 0.3) is 11.4 Å². The first-order chi connectivity index (χ1) is 11.2. The molecule has 0 fully saturated rings. The van der Waals surface area contributed by atoms with Crippen molar-refractivity contribution in [2.45, 2.75) is 30.8 Å². The van der Waals surface area contributed by atoms with E-state index in [0.29, 0.717) is 34.7 Å². The summed E-state index contributed by atoms with van der Waals surface area (Å²) in [6, 6.07) is 5.86. The number of nitrogens with zero attached hydrogens (tertiary/aromatic N) is 4. The SMILES string of the molecule is CCCn1c(SCc2nc(-c3ccc(F)cc3)no2)n[nH]c1=O. The van der Waals surface area contributed by atoms with Gasteiger partial charge in [-0.25, -0.2) is 14.3 Å². The normalized spacial score (nSPS) is 11.0. The molecule has 0 saturated carbocycles. The summed E-state index contributed by atoms with van der Waals surface area (Å²) in [6.07, 6.45) is 0.836. The van der Waals surface area contributed by atoms with Crippen LogP contribution in [-0.2, 0) is 12.3 Å². The second-order valence-electron chi connectivity index (χ2n) is 4.77. The fourth-order valence-corrected chi connectivity index (χ4v) is 2.80. The highest BCUT2D eigenvalue weighted by Gasteiger charge is 2.12. The van der Waals surface area contributed by atoms with Crippen molar-refractivity contribution < 1.29 is 8.91 Å². The van der Waals surface area contributed by atoms with Crippen LogP contribution in [0.15, 0.2) is 38.7 Å². The summed E-state index contributed by atoms with van der Waals surface area (Å²) in [5, 5.41) is 10.9. The topological polar surface area (TPSA) is 89.6 Å². The second-order valence-corrected chi connectivity index (χ2v) is 5.71. The predicted octanol–water partition coefficient (Wildman–Crippen LogP) is 2.46. The quantitative estimate of drug-likeness (QED) is 0.696. The highest BCUT2D eigenvalue weighted by molar-refractivity contribution is 7.98.